The molecule has 1 heterocycles. The number of hydrogen-bond donors (Lipinski definition) is 1. The number of anilines is 1. The second-order valence-corrected chi connectivity index (χ2v) is 6.28. The first-order chi connectivity index (χ1) is 11.2. The van der Waals surface area contributed by atoms with E-state index in [1.54, 1.807) is 0 Å². The van der Waals surface area contributed by atoms with Crippen LogP contribution >= 0.6 is 23.7 Å². The number of rotatable bonds is 6. The average Bonchev–Trinajstić information content (AvgIpc) is 2.96. The van der Waals surface area contributed by atoms with E-state index in [-0.39, 0.29) is 18.3 Å². The van der Waals surface area contributed by atoms with E-state index in [9.17, 15) is 4.79 Å². The smallest absolute Gasteiger partial charge is 0.226 e. The Balaban J connectivity index is 0.00000208. The summed E-state index contributed by atoms with van der Waals surface area (Å²) >= 11 is 1.50. The van der Waals surface area contributed by atoms with Crippen molar-refractivity contribution in [2.75, 3.05) is 11.9 Å². The fourth-order valence-corrected chi connectivity index (χ4v) is 3.22. The largest absolute Gasteiger partial charge is 0.494 e. The minimum absolute atomic E-state index is 0. The highest BCUT2D eigenvalue weighted by molar-refractivity contribution is 7.22. The van der Waals surface area contributed by atoms with Gasteiger partial charge in [-0.3, -0.25) is 4.79 Å². The average molecular weight is 363 g/mol. The molecule has 0 bridgehead atoms. The van der Waals surface area contributed by atoms with Crippen LogP contribution in [0.15, 0.2) is 48.5 Å². The number of halogens is 1. The number of amides is 1. The number of para-hydroxylation sites is 2. The minimum Gasteiger partial charge on any atom is -0.494 e. The van der Waals surface area contributed by atoms with Crippen molar-refractivity contribution in [3.05, 3.63) is 54.1 Å². The fraction of sp³-hybridized carbons (Fsp3) is 0.222. The van der Waals surface area contributed by atoms with E-state index in [0.29, 0.717) is 24.6 Å². The Bertz CT molecular complexity index is 805. The predicted octanol–water partition coefficient (Wildman–Crippen LogP) is 4.82. The zero-order valence-electron chi connectivity index (χ0n) is 13.3. The molecule has 1 aromatic heterocycles. The van der Waals surface area contributed by atoms with Gasteiger partial charge in [-0.15, -0.1) is 12.4 Å². The number of fused-ring (bicyclic) bond motifs is 1. The number of carbonyl (C=O) groups is 1. The lowest BCUT2D eigenvalue weighted by Gasteiger charge is -2.05. The summed E-state index contributed by atoms with van der Waals surface area (Å²) in [4.78, 5) is 16.5. The number of nitrogens with zero attached hydrogens (tertiary/aromatic N) is 1. The van der Waals surface area contributed by atoms with Gasteiger partial charge in [-0.2, -0.15) is 0 Å². The molecule has 0 atom stereocenters. The second-order valence-electron chi connectivity index (χ2n) is 5.25. The van der Waals surface area contributed by atoms with Crippen LogP contribution in [0.3, 0.4) is 0 Å². The molecule has 0 fully saturated rings. The molecule has 3 rings (SSSR count). The molecule has 2 aromatic carbocycles. The van der Waals surface area contributed by atoms with Crippen LogP contribution in [-0.4, -0.2) is 17.5 Å². The van der Waals surface area contributed by atoms with Gasteiger partial charge in [-0.25, -0.2) is 4.98 Å². The third-order valence-electron chi connectivity index (χ3n) is 3.43. The van der Waals surface area contributed by atoms with Gasteiger partial charge in [0.2, 0.25) is 5.91 Å². The van der Waals surface area contributed by atoms with Crippen LogP contribution in [-0.2, 0) is 4.79 Å². The van der Waals surface area contributed by atoms with Gasteiger partial charge in [0, 0.05) is 6.42 Å². The summed E-state index contributed by atoms with van der Waals surface area (Å²) in [5.74, 6) is 0.799. The van der Waals surface area contributed by atoms with Gasteiger partial charge in [0.05, 0.1) is 16.8 Å². The Morgan fingerprint density at radius 1 is 1.17 bits per heavy atom. The molecular weight excluding hydrogens is 344 g/mol. The van der Waals surface area contributed by atoms with Crippen LogP contribution in [0.25, 0.3) is 10.2 Å². The highest BCUT2D eigenvalue weighted by Gasteiger charge is 2.09. The normalized spacial score (nSPS) is 10.2. The van der Waals surface area contributed by atoms with E-state index >= 15 is 0 Å². The number of thiazole rings is 1. The van der Waals surface area contributed by atoms with Crippen molar-refractivity contribution in [2.24, 2.45) is 0 Å². The molecule has 4 nitrogen and oxygen atoms in total. The highest BCUT2D eigenvalue weighted by atomic mass is 35.5. The molecule has 0 aliphatic heterocycles. The number of carbonyl (C=O) groups excluding carboxylic acids is 1. The van der Waals surface area contributed by atoms with E-state index in [0.717, 1.165) is 21.5 Å². The molecule has 3 aromatic rings. The molecule has 0 aliphatic rings. The Morgan fingerprint density at radius 3 is 2.71 bits per heavy atom. The van der Waals surface area contributed by atoms with Gasteiger partial charge >= 0.3 is 0 Å². The van der Waals surface area contributed by atoms with Gasteiger partial charge in [-0.1, -0.05) is 41.7 Å². The summed E-state index contributed by atoms with van der Waals surface area (Å²) in [5, 5.41) is 3.53. The van der Waals surface area contributed by atoms with Gasteiger partial charge in [-0.05, 0) is 37.1 Å². The summed E-state index contributed by atoms with van der Waals surface area (Å²) < 4.78 is 6.67. The molecule has 0 spiro atoms. The molecule has 1 N–H and O–H groups in total. The molecule has 0 aliphatic carbocycles. The number of hydrogen-bond acceptors (Lipinski definition) is 4. The van der Waals surface area contributed by atoms with Gasteiger partial charge in [0.1, 0.15) is 5.75 Å². The standard InChI is InChI=1S/C18H18N2O2S.ClH/c1-13-7-5-10-15-17(13)20-18(23-15)19-16(21)11-6-12-22-14-8-3-2-4-9-14;/h2-5,7-10H,6,11-12H2,1H3,(H,19,20,21);1H. The maximum absolute atomic E-state index is 12.0. The Morgan fingerprint density at radius 2 is 1.96 bits per heavy atom. The zero-order chi connectivity index (χ0) is 16.1. The van der Waals surface area contributed by atoms with Crippen molar-refractivity contribution in [3.8, 4) is 5.75 Å². The monoisotopic (exact) mass is 362 g/mol. The SMILES string of the molecule is Cc1cccc2sc(NC(=O)CCCOc3ccccc3)nc12.Cl. The molecule has 24 heavy (non-hydrogen) atoms. The Labute approximate surface area is 151 Å². The Hall–Kier alpha value is -2.11. The first-order valence-corrected chi connectivity index (χ1v) is 8.38. The minimum atomic E-state index is -0.0293. The summed E-state index contributed by atoms with van der Waals surface area (Å²) in [6.07, 6.45) is 1.09. The van der Waals surface area contributed by atoms with Crippen molar-refractivity contribution < 1.29 is 9.53 Å². The first-order valence-electron chi connectivity index (χ1n) is 7.56. The van der Waals surface area contributed by atoms with Crippen molar-refractivity contribution in [2.45, 2.75) is 19.8 Å². The molecule has 0 saturated carbocycles. The predicted molar refractivity (Wildman–Crippen MR) is 101 cm³/mol. The zero-order valence-corrected chi connectivity index (χ0v) is 15.0. The highest BCUT2D eigenvalue weighted by Crippen LogP contribution is 2.27. The lowest BCUT2D eigenvalue weighted by atomic mass is 10.2. The lowest BCUT2D eigenvalue weighted by Crippen LogP contribution is -2.12. The number of nitrogens with one attached hydrogen (secondary N) is 1. The number of aromatic nitrogens is 1. The molecule has 0 unspecified atom stereocenters. The molecule has 1 amide bonds. The molecule has 6 heteroatoms. The van der Waals surface area contributed by atoms with Crippen molar-refractivity contribution in [1.82, 2.24) is 4.98 Å². The number of ether oxygens (including phenoxy) is 1. The van der Waals surface area contributed by atoms with Crippen molar-refractivity contribution in [3.63, 3.8) is 0 Å². The van der Waals surface area contributed by atoms with E-state index in [1.165, 1.54) is 11.3 Å². The van der Waals surface area contributed by atoms with Crippen LogP contribution < -0.4 is 10.1 Å². The fourth-order valence-electron chi connectivity index (χ4n) is 2.26. The Kier molecular flexibility index (Phi) is 6.58. The topological polar surface area (TPSA) is 51.2 Å². The summed E-state index contributed by atoms with van der Waals surface area (Å²) in [7, 11) is 0. The maximum atomic E-state index is 12.0. The molecule has 0 radical (unpaired) electrons. The third-order valence-corrected chi connectivity index (χ3v) is 4.36. The van der Waals surface area contributed by atoms with Crippen LogP contribution in [0.1, 0.15) is 18.4 Å². The maximum Gasteiger partial charge on any atom is 0.226 e. The molecule has 126 valence electrons. The van der Waals surface area contributed by atoms with Crippen molar-refractivity contribution in [1.29, 1.82) is 0 Å². The van der Waals surface area contributed by atoms with Crippen LogP contribution in [0, 0.1) is 6.92 Å². The van der Waals surface area contributed by atoms with E-state index < -0.39 is 0 Å². The summed E-state index contributed by atoms with van der Waals surface area (Å²) in [6, 6.07) is 15.7. The summed E-state index contributed by atoms with van der Waals surface area (Å²) in [6.45, 7) is 2.55. The third kappa shape index (κ3) is 4.69. The summed E-state index contributed by atoms with van der Waals surface area (Å²) in [5.41, 5.74) is 2.08. The van der Waals surface area contributed by atoms with Gasteiger partial charge < -0.3 is 10.1 Å². The van der Waals surface area contributed by atoms with Crippen LogP contribution in [0.4, 0.5) is 5.13 Å². The van der Waals surface area contributed by atoms with Gasteiger partial charge in [0.25, 0.3) is 0 Å². The van der Waals surface area contributed by atoms with Crippen LogP contribution in [0.5, 0.6) is 5.75 Å². The first kappa shape index (κ1) is 18.2. The van der Waals surface area contributed by atoms with Crippen molar-refractivity contribution >= 4 is 45.0 Å². The number of benzene rings is 2. The van der Waals surface area contributed by atoms with Crippen LogP contribution in [0.2, 0.25) is 0 Å². The van der Waals surface area contributed by atoms with E-state index in [1.807, 2.05) is 55.5 Å². The lowest BCUT2D eigenvalue weighted by molar-refractivity contribution is -0.116. The quantitative estimate of drug-likeness (QED) is 0.639. The van der Waals surface area contributed by atoms with E-state index in [4.69, 9.17) is 4.74 Å². The number of aryl methyl sites for hydroxylation is 1. The van der Waals surface area contributed by atoms with E-state index in [2.05, 4.69) is 10.3 Å². The molecular formula is C18H19ClN2O2S. The molecule has 0 saturated heterocycles. The van der Waals surface area contributed by atoms with Gasteiger partial charge in [0.15, 0.2) is 5.13 Å². The second kappa shape index (κ2) is 8.66.